The van der Waals surface area contributed by atoms with Crippen molar-refractivity contribution in [3.63, 3.8) is 0 Å². The highest BCUT2D eigenvalue weighted by Crippen LogP contribution is 2.31. The van der Waals surface area contributed by atoms with Crippen LogP contribution in [0.5, 0.6) is 0 Å². The van der Waals surface area contributed by atoms with Crippen molar-refractivity contribution in [1.82, 2.24) is 40.0 Å². The van der Waals surface area contributed by atoms with Crippen LogP contribution in [0.3, 0.4) is 0 Å². The highest BCUT2D eigenvalue weighted by atomic mass is 32.2. The molecular formula is C19H14N8S. The average Bonchev–Trinajstić information content (AvgIpc) is 3.36. The van der Waals surface area contributed by atoms with E-state index in [1.807, 2.05) is 47.0 Å². The molecular weight excluding hydrogens is 372 g/mol. The molecule has 0 bridgehead atoms. The van der Waals surface area contributed by atoms with Gasteiger partial charge in [0, 0.05) is 11.3 Å². The molecule has 8 nitrogen and oxygen atoms in total. The Hall–Kier alpha value is -3.59. The molecule has 9 heteroatoms. The first-order valence-electron chi connectivity index (χ1n) is 8.59. The number of aryl methyl sites for hydroxylation is 1. The van der Waals surface area contributed by atoms with Gasteiger partial charge in [0.15, 0.2) is 11.5 Å². The van der Waals surface area contributed by atoms with Crippen LogP contribution in [0, 0.1) is 6.92 Å². The Balaban J connectivity index is 1.62. The van der Waals surface area contributed by atoms with E-state index in [0.29, 0.717) is 10.8 Å². The number of rotatable bonds is 4. The van der Waals surface area contributed by atoms with Crippen LogP contribution in [0.4, 0.5) is 0 Å². The molecule has 0 spiro atoms. The van der Waals surface area contributed by atoms with Gasteiger partial charge in [-0.15, -0.1) is 25.0 Å². The molecule has 0 saturated heterocycles. The Morgan fingerprint density at radius 3 is 2.46 bits per heavy atom. The van der Waals surface area contributed by atoms with Crippen LogP contribution in [0.25, 0.3) is 22.7 Å². The van der Waals surface area contributed by atoms with Gasteiger partial charge in [0.05, 0.1) is 0 Å². The molecule has 3 heterocycles. The Morgan fingerprint density at radius 1 is 0.821 bits per heavy atom. The Kier molecular flexibility index (Phi) is 4.06. The van der Waals surface area contributed by atoms with Crippen LogP contribution in [0.1, 0.15) is 5.56 Å². The Labute approximate surface area is 164 Å². The number of hydrogen-bond donors (Lipinski definition) is 0. The van der Waals surface area contributed by atoms with Crippen molar-refractivity contribution in [3.05, 3.63) is 72.3 Å². The number of benzene rings is 2. The summed E-state index contributed by atoms with van der Waals surface area (Å²) < 4.78 is 3.43. The average molecular weight is 386 g/mol. The van der Waals surface area contributed by atoms with Gasteiger partial charge in [0.25, 0.3) is 0 Å². The molecule has 5 aromatic rings. The third kappa shape index (κ3) is 3.01. The highest BCUT2D eigenvalue weighted by molar-refractivity contribution is 7.99. The minimum Gasteiger partial charge on any atom is -0.270 e. The summed E-state index contributed by atoms with van der Waals surface area (Å²) in [4.78, 5) is 0. The standard InChI is InChI=1S/C19H14N8S/c1-13-7-9-15(10-8-13)26-18(14-5-3-2-4-6-14)21-22-19(26)28-17-12-11-16-20-24-25-27(16)23-17/h2-12H,1H3. The summed E-state index contributed by atoms with van der Waals surface area (Å²) >= 11 is 1.41. The van der Waals surface area contributed by atoms with E-state index in [-0.39, 0.29) is 0 Å². The van der Waals surface area contributed by atoms with E-state index < -0.39 is 0 Å². The molecule has 0 N–H and O–H groups in total. The summed E-state index contributed by atoms with van der Waals surface area (Å²) in [5.41, 5.74) is 3.76. The van der Waals surface area contributed by atoms with Gasteiger partial charge in [0.2, 0.25) is 5.16 Å². The minimum absolute atomic E-state index is 0.592. The van der Waals surface area contributed by atoms with Gasteiger partial charge in [-0.2, -0.15) is 0 Å². The van der Waals surface area contributed by atoms with Crippen LogP contribution in [-0.2, 0) is 0 Å². The maximum Gasteiger partial charge on any atom is 0.202 e. The lowest BCUT2D eigenvalue weighted by molar-refractivity contribution is 0.701. The number of nitrogens with zero attached hydrogens (tertiary/aromatic N) is 8. The summed E-state index contributed by atoms with van der Waals surface area (Å²) in [5, 5.41) is 26.1. The maximum absolute atomic E-state index is 4.45. The van der Waals surface area contributed by atoms with E-state index >= 15 is 0 Å². The third-order valence-electron chi connectivity index (χ3n) is 4.20. The predicted molar refractivity (Wildman–Crippen MR) is 104 cm³/mol. The second kappa shape index (κ2) is 6.86. The second-order valence-electron chi connectivity index (χ2n) is 6.14. The van der Waals surface area contributed by atoms with Crippen LogP contribution < -0.4 is 0 Å². The molecule has 0 aliphatic heterocycles. The molecule has 3 aromatic heterocycles. The van der Waals surface area contributed by atoms with E-state index in [2.05, 4.69) is 62.0 Å². The number of hydrogen-bond acceptors (Lipinski definition) is 7. The van der Waals surface area contributed by atoms with E-state index in [4.69, 9.17) is 0 Å². The first-order chi connectivity index (χ1) is 13.8. The van der Waals surface area contributed by atoms with Crippen molar-refractivity contribution in [2.24, 2.45) is 0 Å². The lowest BCUT2D eigenvalue weighted by Gasteiger charge is -2.10. The maximum atomic E-state index is 4.45. The van der Waals surface area contributed by atoms with Crippen LogP contribution in [-0.4, -0.2) is 40.0 Å². The quantitative estimate of drug-likeness (QED) is 0.469. The molecule has 0 fully saturated rings. The highest BCUT2D eigenvalue weighted by Gasteiger charge is 2.17. The topological polar surface area (TPSA) is 86.7 Å². The first-order valence-corrected chi connectivity index (χ1v) is 9.41. The SMILES string of the molecule is Cc1ccc(-n2c(Sc3ccc4nnnn4n3)nnc2-c2ccccc2)cc1. The normalized spacial score (nSPS) is 11.2. The fourth-order valence-electron chi connectivity index (χ4n) is 2.82. The molecule has 136 valence electrons. The fraction of sp³-hybridized carbons (Fsp3) is 0.0526. The zero-order valence-electron chi connectivity index (χ0n) is 14.8. The van der Waals surface area contributed by atoms with Crippen molar-refractivity contribution in [1.29, 1.82) is 0 Å². The molecule has 0 atom stereocenters. The van der Waals surface area contributed by atoms with Crippen molar-refractivity contribution >= 4 is 17.4 Å². The summed E-state index contributed by atoms with van der Waals surface area (Å²) in [5.74, 6) is 0.774. The van der Waals surface area contributed by atoms with E-state index in [9.17, 15) is 0 Å². The molecule has 0 saturated carbocycles. The Bertz CT molecular complexity index is 1240. The number of fused-ring (bicyclic) bond motifs is 1. The van der Waals surface area contributed by atoms with Gasteiger partial charge in [-0.05, 0) is 53.4 Å². The van der Waals surface area contributed by atoms with E-state index in [0.717, 1.165) is 22.1 Å². The largest absolute Gasteiger partial charge is 0.270 e. The van der Waals surface area contributed by atoms with Gasteiger partial charge in [0.1, 0.15) is 5.03 Å². The zero-order valence-corrected chi connectivity index (χ0v) is 15.7. The van der Waals surface area contributed by atoms with Crippen molar-refractivity contribution in [2.45, 2.75) is 17.1 Å². The zero-order chi connectivity index (χ0) is 18.9. The summed E-state index contributed by atoms with van der Waals surface area (Å²) in [6.45, 7) is 2.06. The van der Waals surface area contributed by atoms with E-state index in [1.165, 1.54) is 22.0 Å². The fourth-order valence-corrected chi connectivity index (χ4v) is 3.62. The first kappa shape index (κ1) is 16.6. The van der Waals surface area contributed by atoms with Crippen molar-refractivity contribution in [3.8, 4) is 17.1 Å². The second-order valence-corrected chi connectivity index (χ2v) is 7.13. The molecule has 28 heavy (non-hydrogen) atoms. The van der Waals surface area contributed by atoms with Gasteiger partial charge in [-0.1, -0.05) is 48.0 Å². The lowest BCUT2D eigenvalue weighted by atomic mass is 10.2. The lowest BCUT2D eigenvalue weighted by Crippen LogP contribution is -2.01. The number of aromatic nitrogens is 8. The Morgan fingerprint density at radius 2 is 1.64 bits per heavy atom. The predicted octanol–water partition coefficient (Wildman–Crippen LogP) is 3.23. The van der Waals surface area contributed by atoms with Gasteiger partial charge in [-0.3, -0.25) is 4.57 Å². The molecule has 5 rings (SSSR count). The van der Waals surface area contributed by atoms with Gasteiger partial charge < -0.3 is 0 Å². The molecule has 0 aliphatic rings. The summed E-state index contributed by atoms with van der Waals surface area (Å²) in [6, 6.07) is 22.0. The molecule has 0 radical (unpaired) electrons. The minimum atomic E-state index is 0.592. The number of tetrazole rings is 1. The summed E-state index contributed by atoms with van der Waals surface area (Å²) in [7, 11) is 0. The van der Waals surface area contributed by atoms with Crippen LogP contribution in [0.2, 0.25) is 0 Å². The molecule has 0 aliphatic carbocycles. The van der Waals surface area contributed by atoms with Crippen molar-refractivity contribution in [2.75, 3.05) is 0 Å². The van der Waals surface area contributed by atoms with Crippen LogP contribution >= 0.6 is 11.8 Å². The third-order valence-corrected chi connectivity index (χ3v) is 5.07. The molecule has 0 amide bonds. The van der Waals surface area contributed by atoms with Gasteiger partial charge >= 0.3 is 0 Å². The molecule has 2 aromatic carbocycles. The van der Waals surface area contributed by atoms with E-state index in [1.54, 1.807) is 0 Å². The smallest absolute Gasteiger partial charge is 0.202 e. The van der Waals surface area contributed by atoms with Crippen LogP contribution in [0.15, 0.2) is 76.9 Å². The van der Waals surface area contributed by atoms with Gasteiger partial charge in [-0.25, -0.2) is 0 Å². The summed E-state index contributed by atoms with van der Waals surface area (Å²) in [6.07, 6.45) is 0. The van der Waals surface area contributed by atoms with Crippen molar-refractivity contribution < 1.29 is 0 Å². The monoisotopic (exact) mass is 386 g/mol. The molecule has 0 unspecified atom stereocenters.